The summed E-state index contributed by atoms with van der Waals surface area (Å²) in [5.41, 5.74) is 2.16. The summed E-state index contributed by atoms with van der Waals surface area (Å²) in [5.74, 6) is -1.12. The molecule has 0 atom stereocenters. The first-order valence-corrected chi connectivity index (χ1v) is 10.7. The summed E-state index contributed by atoms with van der Waals surface area (Å²) in [6.07, 6.45) is 3.89. The molecule has 4 rings (SSSR count). The lowest BCUT2D eigenvalue weighted by Crippen LogP contribution is -2.25. The Hall–Kier alpha value is -3.49. The third-order valence-electron chi connectivity index (χ3n) is 5.19. The summed E-state index contributed by atoms with van der Waals surface area (Å²) < 4.78 is 22.2. The Kier molecular flexibility index (Phi) is 6.86. The van der Waals surface area contributed by atoms with E-state index in [1.54, 1.807) is 17.9 Å². The monoisotopic (exact) mass is 468 g/mol. The number of carbonyl (C=O) groups is 1. The maximum atomic E-state index is 14.1. The highest BCUT2D eigenvalue weighted by Gasteiger charge is 2.18. The molecule has 0 spiro atoms. The van der Waals surface area contributed by atoms with Crippen LogP contribution in [0.4, 0.5) is 10.1 Å². The molecule has 170 valence electrons. The molecule has 2 heterocycles. The lowest BCUT2D eigenvalue weighted by atomic mass is 10.1. The number of halogens is 2. The third-order valence-corrected chi connectivity index (χ3v) is 5.43. The molecule has 9 heteroatoms. The van der Waals surface area contributed by atoms with Gasteiger partial charge in [0.15, 0.2) is 0 Å². The predicted molar refractivity (Wildman–Crippen MR) is 126 cm³/mol. The van der Waals surface area contributed by atoms with Gasteiger partial charge in [-0.2, -0.15) is 0 Å². The van der Waals surface area contributed by atoms with Crippen molar-refractivity contribution in [1.29, 1.82) is 0 Å². The molecule has 0 unspecified atom stereocenters. The van der Waals surface area contributed by atoms with Crippen molar-refractivity contribution >= 4 is 34.2 Å². The van der Waals surface area contributed by atoms with Crippen LogP contribution in [0.15, 0.2) is 65.8 Å². The van der Waals surface area contributed by atoms with Gasteiger partial charge in [0.25, 0.3) is 5.56 Å². The van der Waals surface area contributed by atoms with Gasteiger partial charge in [0.05, 0.1) is 12.0 Å². The standard InChI is InChI=1S/C24H22ClFN4O3/c1-33-11-5-10-29-15-27-22-18(16-6-3-2-4-7-16)13-30(23(22)24(29)32)14-21(31)28-20-9-8-17(25)12-19(20)26/h2-4,6-9,12-13,15H,5,10-11,14H2,1H3,(H,28,31). The molecule has 0 fully saturated rings. The number of aromatic nitrogens is 3. The molecule has 1 N–H and O–H groups in total. The van der Waals surface area contributed by atoms with Crippen LogP contribution in [0.3, 0.4) is 0 Å². The summed E-state index contributed by atoms with van der Waals surface area (Å²) >= 11 is 5.78. The molecule has 1 amide bonds. The molecule has 0 aliphatic carbocycles. The lowest BCUT2D eigenvalue weighted by Gasteiger charge is -2.09. The van der Waals surface area contributed by atoms with Gasteiger partial charge >= 0.3 is 0 Å². The Balaban J connectivity index is 1.73. The summed E-state index contributed by atoms with van der Waals surface area (Å²) in [5, 5.41) is 2.77. The summed E-state index contributed by atoms with van der Waals surface area (Å²) in [6, 6.07) is 13.5. The second-order valence-corrected chi connectivity index (χ2v) is 7.93. The molecule has 0 saturated carbocycles. The van der Waals surface area contributed by atoms with Crippen LogP contribution in [0.2, 0.25) is 5.02 Å². The van der Waals surface area contributed by atoms with E-state index in [1.165, 1.54) is 23.0 Å². The highest BCUT2D eigenvalue weighted by Crippen LogP contribution is 2.27. The van der Waals surface area contributed by atoms with Crippen molar-refractivity contribution in [3.05, 3.63) is 82.2 Å². The highest BCUT2D eigenvalue weighted by atomic mass is 35.5. The number of hydrogen-bond acceptors (Lipinski definition) is 4. The number of hydrogen-bond donors (Lipinski definition) is 1. The number of carbonyl (C=O) groups excluding carboxylic acids is 1. The topological polar surface area (TPSA) is 78.2 Å². The Morgan fingerprint density at radius 2 is 1.97 bits per heavy atom. The summed E-state index contributed by atoms with van der Waals surface area (Å²) in [7, 11) is 1.60. The Morgan fingerprint density at radius 1 is 1.18 bits per heavy atom. The van der Waals surface area contributed by atoms with E-state index in [0.29, 0.717) is 30.6 Å². The number of fused-ring (bicyclic) bond motifs is 1. The molecule has 4 aromatic rings. The van der Waals surface area contributed by atoms with E-state index in [9.17, 15) is 14.0 Å². The molecular weight excluding hydrogens is 447 g/mol. The number of aryl methyl sites for hydroxylation is 1. The van der Waals surface area contributed by atoms with E-state index >= 15 is 0 Å². The van der Waals surface area contributed by atoms with Gasteiger partial charge in [0.1, 0.15) is 23.4 Å². The molecule has 2 aromatic heterocycles. The second kappa shape index (κ2) is 9.97. The molecule has 0 radical (unpaired) electrons. The van der Waals surface area contributed by atoms with Gasteiger partial charge in [-0.1, -0.05) is 41.9 Å². The maximum Gasteiger partial charge on any atom is 0.277 e. The molecule has 0 bridgehead atoms. The van der Waals surface area contributed by atoms with Gasteiger partial charge in [0.2, 0.25) is 5.91 Å². The van der Waals surface area contributed by atoms with E-state index < -0.39 is 11.7 Å². The fourth-order valence-electron chi connectivity index (χ4n) is 3.64. The lowest BCUT2D eigenvalue weighted by molar-refractivity contribution is -0.116. The number of nitrogens with one attached hydrogen (secondary N) is 1. The van der Waals surface area contributed by atoms with Crippen molar-refractivity contribution in [1.82, 2.24) is 14.1 Å². The maximum absolute atomic E-state index is 14.1. The fourth-order valence-corrected chi connectivity index (χ4v) is 3.80. The Labute approximate surface area is 194 Å². The van der Waals surface area contributed by atoms with Crippen LogP contribution >= 0.6 is 11.6 Å². The zero-order chi connectivity index (χ0) is 23.4. The quantitative estimate of drug-likeness (QED) is 0.390. The van der Waals surface area contributed by atoms with Gasteiger partial charge in [-0.25, -0.2) is 9.37 Å². The smallest absolute Gasteiger partial charge is 0.277 e. The number of benzene rings is 2. The van der Waals surface area contributed by atoms with Crippen LogP contribution in [0, 0.1) is 5.82 Å². The van der Waals surface area contributed by atoms with Crippen molar-refractivity contribution in [2.24, 2.45) is 0 Å². The number of nitrogens with zero attached hydrogens (tertiary/aromatic N) is 3. The minimum Gasteiger partial charge on any atom is -0.385 e. The first kappa shape index (κ1) is 22.7. The zero-order valence-electron chi connectivity index (χ0n) is 17.9. The van der Waals surface area contributed by atoms with Crippen LogP contribution < -0.4 is 10.9 Å². The minimum absolute atomic E-state index is 0.0132. The number of anilines is 1. The van der Waals surface area contributed by atoms with Gasteiger partial charge < -0.3 is 14.6 Å². The van der Waals surface area contributed by atoms with E-state index in [0.717, 1.165) is 17.2 Å². The SMILES string of the molecule is COCCCn1cnc2c(-c3ccccc3)cn(CC(=O)Nc3ccc(Cl)cc3F)c2c1=O. The average Bonchev–Trinajstić information content (AvgIpc) is 3.17. The van der Waals surface area contributed by atoms with Crippen LogP contribution in [0.1, 0.15) is 6.42 Å². The van der Waals surface area contributed by atoms with Crippen molar-refractivity contribution in [3.63, 3.8) is 0 Å². The second-order valence-electron chi connectivity index (χ2n) is 7.50. The number of ether oxygens (including phenoxy) is 1. The van der Waals surface area contributed by atoms with Gasteiger partial charge in [-0.05, 0) is 30.2 Å². The predicted octanol–water partition coefficient (Wildman–Crippen LogP) is 4.33. The minimum atomic E-state index is -0.639. The first-order chi connectivity index (χ1) is 16.0. The van der Waals surface area contributed by atoms with Crippen LogP contribution in [-0.4, -0.2) is 33.7 Å². The van der Waals surface area contributed by atoms with E-state index in [2.05, 4.69) is 10.3 Å². The molecular formula is C24H22ClFN4O3. The van der Waals surface area contributed by atoms with Gasteiger partial charge in [-0.3, -0.25) is 14.2 Å². The van der Waals surface area contributed by atoms with Crippen molar-refractivity contribution in [2.75, 3.05) is 19.0 Å². The van der Waals surface area contributed by atoms with E-state index in [4.69, 9.17) is 16.3 Å². The zero-order valence-corrected chi connectivity index (χ0v) is 18.7. The van der Waals surface area contributed by atoms with E-state index in [-0.39, 0.29) is 22.8 Å². The number of rotatable bonds is 8. The number of methoxy groups -OCH3 is 1. The third kappa shape index (κ3) is 4.97. The van der Waals surface area contributed by atoms with Crippen LogP contribution in [-0.2, 0) is 22.6 Å². The van der Waals surface area contributed by atoms with Crippen molar-refractivity contribution in [2.45, 2.75) is 19.5 Å². The fraction of sp³-hybridized carbons (Fsp3) is 0.208. The molecule has 33 heavy (non-hydrogen) atoms. The summed E-state index contributed by atoms with van der Waals surface area (Å²) in [6.45, 7) is 0.754. The van der Waals surface area contributed by atoms with Crippen LogP contribution in [0.25, 0.3) is 22.2 Å². The largest absolute Gasteiger partial charge is 0.385 e. The number of amides is 1. The molecule has 7 nitrogen and oxygen atoms in total. The van der Waals surface area contributed by atoms with Gasteiger partial charge in [-0.15, -0.1) is 0 Å². The Morgan fingerprint density at radius 3 is 2.70 bits per heavy atom. The normalized spacial score (nSPS) is 11.1. The summed E-state index contributed by atoms with van der Waals surface area (Å²) in [4.78, 5) is 30.5. The molecule has 0 aliphatic heterocycles. The van der Waals surface area contributed by atoms with Gasteiger partial charge in [0, 0.05) is 37.0 Å². The molecule has 0 saturated heterocycles. The van der Waals surface area contributed by atoms with Crippen LogP contribution in [0.5, 0.6) is 0 Å². The van der Waals surface area contributed by atoms with Crippen molar-refractivity contribution < 1.29 is 13.9 Å². The molecule has 0 aliphatic rings. The first-order valence-electron chi connectivity index (χ1n) is 10.4. The molecule has 2 aromatic carbocycles. The Bertz CT molecular complexity index is 1350. The highest BCUT2D eigenvalue weighted by molar-refractivity contribution is 6.30. The average molecular weight is 469 g/mol. The van der Waals surface area contributed by atoms with Crippen molar-refractivity contribution in [3.8, 4) is 11.1 Å². The van der Waals surface area contributed by atoms with E-state index in [1.807, 2.05) is 30.3 Å².